The fourth-order valence-electron chi connectivity index (χ4n) is 2.66. The summed E-state index contributed by atoms with van der Waals surface area (Å²) in [5, 5.41) is 3.67. The number of amides is 1. The second-order valence-corrected chi connectivity index (χ2v) is 8.73. The van der Waals surface area contributed by atoms with Crippen molar-refractivity contribution < 1.29 is 17.9 Å². The highest BCUT2D eigenvalue weighted by atomic mass is 35.5. The van der Waals surface area contributed by atoms with Crippen molar-refractivity contribution in [3.63, 3.8) is 0 Å². The van der Waals surface area contributed by atoms with Crippen LogP contribution in [0.5, 0.6) is 5.75 Å². The van der Waals surface area contributed by atoms with Gasteiger partial charge in [-0.3, -0.25) is 9.10 Å². The molecular weight excluding hydrogens is 423 g/mol. The van der Waals surface area contributed by atoms with E-state index in [0.717, 1.165) is 10.6 Å². The lowest BCUT2D eigenvalue weighted by Crippen LogP contribution is -2.50. The Morgan fingerprint density at radius 1 is 1.14 bits per heavy atom. The average molecular weight is 445 g/mol. The number of hydrogen-bond donors (Lipinski definition) is 1. The van der Waals surface area contributed by atoms with E-state index in [4.69, 9.17) is 27.9 Å². The Labute approximate surface area is 175 Å². The molecule has 0 saturated carbocycles. The lowest BCUT2D eigenvalue weighted by atomic mass is 10.2. The van der Waals surface area contributed by atoms with Crippen molar-refractivity contribution in [3.8, 4) is 5.75 Å². The Hall–Kier alpha value is -1.96. The molecule has 0 heterocycles. The number of para-hydroxylation sites is 1. The molecule has 0 spiro atoms. The van der Waals surface area contributed by atoms with Gasteiger partial charge in [0.25, 0.3) is 0 Å². The van der Waals surface area contributed by atoms with E-state index >= 15 is 0 Å². The van der Waals surface area contributed by atoms with Crippen molar-refractivity contribution in [2.45, 2.75) is 19.4 Å². The maximum atomic E-state index is 12.7. The molecule has 0 bridgehead atoms. The third kappa shape index (κ3) is 6.02. The van der Waals surface area contributed by atoms with Crippen LogP contribution in [0.1, 0.15) is 13.3 Å². The van der Waals surface area contributed by atoms with Crippen LogP contribution >= 0.6 is 23.2 Å². The first-order chi connectivity index (χ1) is 13.2. The van der Waals surface area contributed by atoms with Gasteiger partial charge >= 0.3 is 0 Å². The third-order valence-corrected chi connectivity index (χ3v) is 5.65. The highest BCUT2D eigenvalue weighted by Gasteiger charge is 2.31. The highest BCUT2D eigenvalue weighted by Crippen LogP contribution is 2.25. The second kappa shape index (κ2) is 10.0. The molecule has 0 aliphatic carbocycles. The maximum absolute atomic E-state index is 12.7. The normalized spacial score (nSPS) is 12.3. The Morgan fingerprint density at radius 2 is 1.79 bits per heavy atom. The molecule has 0 saturated heterocycles. The van der Waals surface area contributed by atoms with Crippen LogP contribution in [-0.4, -0.2) is 39.8 Å². The molecule has 1 amide bonds. The molecule has 1 atom stereocenters. The summed E-state index contributed by atoms with van der Waals surface area (Å²) in [6, 6.07) is 12.4. The number of nitrogens with zero attached hydrogens (tertiary/aromatic N) is 1. The van der Waals surface area contributed by atoms with Gasteiger partial charge in [-0.2, -0.15) is 0 Å². The summed E-state index contributed by atoms with van der Waals surface area (Å²) in [6.45, 7) is 2.16. The van der Waals surface area contributed by atoms with Crippen LogP contribution in [0, 0.1) is 0 Å². The lowest BCUT2D eigenvalue weighted by molar-refractivity contribution is -0.122. The van der Waals surface area contributed by atoms with Gasteiger partial charge in [0.2, 0.25) is 15.9 Å². The zero-order chi connectivity index (χ0) is 20.7. The fourth-order valence-corrected chi connectivity index (χ4v) is 4.19. The number of hydrogen-bond acceptors (Lipinski definition) is 4. The number of sulfonamides is 1. The molecule has 1 N–H and O–H groups in total. The predicted octanol–water partition coefficient (Wildman–Crippen LogP) is 3.73. The number of nitrogens with one attached hydrogen (secondary N) is 1. The summed E-state index contributed by atoms with van der Waals surface area (Å²) >= 11 is 11.9. The summed E-state index contributed by atoms with van der Waals surface area (Å²) in [7, 11) is -3.69. The first-order valence-electron chi connectivity index (χ1n) is 8.64. The zero-order valence-electron chi connectivity index (χ0n) is 15.6. The molecule has 28 heavy (non-hydrogen) atoms. The highest BCUT2D eigenvalue weighted by molar-refractivity contribution is 7.92. The molecular formula is C19H22Cl2N2O4S. The van der Waals surface area contributed by atoms with Crippen LogP contribution in [-0.2, 0) is 14.8 Å². The first kappa shape index (κ1) is 22.3. The Bertz CT molecular complexity index is 904. The minimum absolute atomic E-state index is 0.200. The molecule has 0 aliphatic heterocycles. The van der Waals surface area contributed by atoms with Crippen LogP contribution in [0.15, 0.2) is 48.5 Å². The van der Waals surface area contributed by atoms with Gasteiger partial charge < -0.3 is 10.1 Å². The van der Waals surface area contributed by atoms with E-state index in [2.05, 4.69) is 5.32 Å². The van der Waals surface area contributed by atoms with Crippen LogP contribution < -0.4 is 14.4 Å². The van der Waals surface area contributed by atoms with E-state index in [1.165, 1.54) is 0 Å². The zero-order valence-corrected chi connectivity index (χ0v) is 17.9. The van der Waals surface area contributed by atoms with E-state index in [-0.39, 0.29) is 13.2 Å². The fraction of sp³-hybridized carbons (Fsp3) is 0.316. The van der Waals surface area contributed by atoms with Gasteiger partial charge in [0.15, 0.2) is 0 Å². The van der Waals surface area contributed by atoms with Crippen LogP contribution in [0.25, 0.3) is 0 Å². The number of benzene rings is 2. The smallest absolute Gasteiger partial charge is 0.244 e. The molecule has 1 unspecified atom stereocenters. The maximum Gasteiger partial charge on any atom is 0.244 e. The average Bonchev–Trinajstić information content (AvgIpc) is 2.64. The van der Waals surface area contributed by atoms with Crippen LogP contribution in [0.2, 0.25) is 10.0 Å². The SMILES string of the molecule is CCC(C(=O)NCCOc1ccccc1Cl)N(c1ccc(Cl)cc1)S(C)(=O)=O. The monoisotopic (exact) mass is 444 g/mol. The minimum atomic E-state index is -3.69. The molecule has 152 valence electrons. The summed E-state index contributed by atoms with van der Waals surface area (Å²) in [5.74, 6) is 0.106. The van der Waals surface area contributed by atoms with E-state index in [9.17, 15) is 13.2 Å². The van der Waals surface area contributed by atoms with Crippen molar-refractivity contribution in [1.82, 2.24) is 5.32 Å². The molecule has 0 aromatic heterocycles. The minimum Gasteiger partial charge on any atom is -0.490 e. The van der Waals surface area contributed by atoms with Gasteiger partial charge in [-0.15, -0.1) is 0 Å². The Morgan fingerprint density at radius 3 is 2.36 bits per heavy atom. The number of halogens is 2. The molecule has 0 fully saturated rings. The van der Waals surface area contributed by atoms with Crippen molar-refractivity contribution >= 4 is 44.8 Å². The van der Waals surface area contributed by atoms with Crippen molar-refractivity contribution in [1.29, 1.82) is 0 Å². The summed E-state index contributed by atoms with van der Waals surface area (Å²) in [6.07, 6.45) is 1.37. The van der Waals surface area contributed by atoms with Crippen LogP contribution in [0.3, 0.4) is 0 Å². The standard InChI is InChI=1S/C19H22Cl2N2O4S/c1-3-17(23(28(2,25)26)15-10-8-14(20)9-11-15)19(24)22-12-13-27-18-7-5-4-6-16(18)21/h4-11,17H,3,12-13H2,1-2H3,(H,22,24). The molecule has 0 aliphatic rings. The molecule has 9 heteroatoms. The number of carbonyl (C=O) groups is 1. The summed E-state index contributed by atoms with van der Waals surface area (Å²) in [4.78, 5) is 12.7. The van der Waals surface area contributed by atoms with Crippen molar-refractivity contribution in [2.24, 2.45) is 0 Å². The van der Waals surface area contributed by atoms with Gasteiger partial charge in [-0.05, 0) is 42.8 Å². The van der Waals surface area contributed by atoms with Gasteiger partial charge in [-0.1, -0.05) is 42.3 Å². The molecule has 6 nitrogen and oxygen atoms in total. The third-order valence-electron chi connectivity index (χ3n) is 3.91. The quantitative estimate of drug-likeness (QED) is 0.597. The molecule has 2 aromatic rings. The number of ether oxygens (including phenoxy) is 1. The Kier molecular flexibility index (Phi) is 7.98. The van der Waals surface area contributed by atoms with Gasteiger partial charge in [0.1, 0.15) is 18.4 Å². The molecule has 2 rings (SSSR count). The van der Waals surface area contributed by atoms with Gasteiger partial charge in [-0.25, -0.2) is 8.42 Å². The van der Waals surface area contributed by atoms with Crippen molar-refractivity contribution in [3.05, 3.63) is 58.6 Å². The Balaban J connectivity index is 2.05. The van der Waals surface area contributed by atoms with Gasteiger partial charge in [0.05, 0.1) is 23.5 Å². The van der Waals surface area contributed by atoms with E-state index in [0.29, 0.717) is 27.9 Å². The van der Waals surface area contributed by atoms with Gasteiger partial charge in [0, 0.05) is 5.02 Å². The predicted molar refractivity (Wildman–Crippen MR) is 113 cm³/mol. The first-order valence-corrected chi connectivity index (χ1v) is 11.2. The van der Waals surface area contributed by atoms with Crippen molar-refractivity contribution in [2.75, 3.05) is 23.7 Å². The molecule has 0 radical (unpaired) electrons. The number of rotatable bonds is 9. The number of carbonyl (C=O) groups excluding carboxylic acids is 1. The summed E-state index contributed by atoms with van der Waals surface area (Å²) < 4.78 is 31.3. The summed E-state index contributed by atoms with van der Waals surface area (Å²) in [5.41, 5.74) is 0.376. The van der Waals surface area contributed by atoms with E-state index in [1.807, 2.05) is 0 Å². The largest absolute Gasteiger partial charge is 0.490 e. The number of anilines is 1. The van der Waals surface area contributed by atoms with Crippen LogP contribution in [0.4, 0.5) is 5.69 Å². The van der Waals surface area contributed by atoms with E-state index < -0.39 is 22.0 Å². The van der Waals surface area contributed by atoms with E-state index in [1.54, 1.807) is 55.5 Å². The lowest BCUT2D eigenvalue weighted by Gasteiger charge is -2.30. The second-order valence-electron chi connectivity index (χ2n) is 6.03. The topological polar surface area (TPSA) is 75.7 Å². The molecule has 2 aromatic carbocycles.